The summed E-state index contributed by atoms with van der Waals surface area (Å²) in [7, 11) is 1.80. The summed E-state index contributed by atoms with van der Waals surface area (Å²) < 4.78 is 30.4. The van der Waals surface area contributed by atoms with E-state index in [2.05, 4.69) is 25.0 Å². The number of anilines is 1. The van der Waals surface area contributed by atoms with E-state index in [1.54, 1.807) is 30.2 Å². The second-order valence-corrected chi connectivity index (χ2v) is 8.81. The molecule has 0 radical (unpaired) electrons. The molecule has 12 heteroatoms. The lowest BCUT2D eigenvalue weighted by atomic mass is 10.1. The average Bonchev–Trinajstić information content (AvgIpc) is 3.64. The molecule has 1 aromatic carbocycles. The summed E-state index contributed by atoms with van der Waals surface area (Å²) in [6.07, 6.45) is 0.432. The maximum atomic E-state index is 15.4. The fourth-order valence-corrected chi connectivity index (χ4v) is 4.60. The lowest BCUT2D eigenvalue weighted by molar-refractivity contribution is -0.0410. The molecule has 4 atom stereocenters. The van der Waals surface area contributed by atoms with Crippen LogP contribution in [0.15, 0.2) is 43.0 Å². The van der Waals surface area contributed by atoms with Gasteiger partial charge in [0.25, 0.3) is 0 Å². The highest BCUT2D eigenvalue weighted by atomic mass is 19.1. The van der Waals surface area contributed by atoms with Crippen LogP contribution in [0.5, 0.6) is 5.75 Å². The largest absolute Gasteiger partial charge is 0.491 e. The Morgan fingerprint density at radius 3 is 2.92 bits per heavy atom. The van der Waals surface area contributed by atoms with E-state index in [1.807, 2.05) is 25.1 Å². The Bertz CT molecular complexity index is 1560. The van der Waals surface area contributed by atoms with E-state index < -0.39 is 24.6 Å². The van der Waals surface area contributed by atoms with Crippen molar-refractivity contribution < 1.29 is 19.0 Å². The molecule has 1 fully saturated rings. The van der Waals surface area contributed by atoms with E-state index in [0.29, 0.717) is 28.0 Å². The van der Waals surface area contributed by atoms with Crippen molar-refractivity contribution in [1.82, 2.24) is 34.3 Å². The third-order valence-corrected chi connectivity index (χ3v) is 6.45. The van der Waals surface area contributed by atoms with Gasteiger partial charge in [-0.15, -0.1) is 0 Å². The Morgan fingerprint density at radius 2 is 2.14 bits per heavy atom. The molecule has 186 valence electrons. The number of alkyl halides is 1. The zero-order valence-electron chi connectivity index (χ0n) is 19.7. The van der Waals surface area contributed by atoms with Crippen molar-refractivity contribution in [2.45, 2.75) is 38.0 Å². The molecule has 4 aromatic heterocycles. The second-order valence-electron chi connectivity index (χ2n) is 8.81. The molecule has 1 aliphatic rings. The van der Waals surface area contributed by atoms with Crippen LogP contribution < -0.4 is 10.5 Å². The topological polar surface area (TPSA) is 142 Å². The highest BCUT2D eigenvalue weighted by molar-refractivity contribution is 5.99. The third kappa shape index (κ3) is 3.65. The number of imidazole rings is 1. The molecule has 36 heavy (non-hydrogen) atoms. The maximum Gasteiger partial charge on any atom is 0.173 e. The lowest BCUT2D eigenvalue weighted by Gasteiger charge is -2.16. The van der Waals surface area contributed by atoms with Gasteiger partial charge in [-0.05, 0) is 18.2 Å². The fraction of sp³-hybridized carbons (Fsp3) is 0.333. The number of nitrogens with zero attached hydrogens (tertiary/aromatic N) is 6. The van der Waals surface area contributed by atoms with Crippen LogP contribution >= 0.6 is 0 Å². The van der Waals surface area contributed by atoms with Crippen molar-refractivity contribution in [1.29, 1.82) is 0 Å². The Labute approximate surface area is 204 Å². The molecule has 0 unspecified atom stereocenters. The number of benzene rings is 1. The van der Waals surface area contributed by atoms with Crippen molar-refractivity contribution in [2.24, 2.45) is 7.05 Å². The molecule has 0 aliphatic carbocycles. The first-order chi connectivity index (χ1) is 17.4. The van der Waals surface area contributed by atoms with Crippen molar-refractivity contribution in [2.75, 3.05) is 12.3 Å². The quantitative estimate of drug-likeness (QED) is 0.328. The van der Waals surface area contributed by atoms with Crippen molar-refractivity contribution in [3.05, 3.63) is 48.8 Å². The first-order valence-corrected chi connectivity index (χ1v) is 11.6. The fourth-order valence-electron chi connectivity index (χ4n) is 4.60. The number of aliphatic hydroxyl groups excluding tert-OH is 1. The minimum Gasteiger partial charge on any atom is -0.491 e. The minimum atomic E-state index is -1.72. The normalized spacial score (nSPS) is 22.1. The molecule has 0 spiro atoms. The molecule has 5 aromatic rings. The summed E-state index contributed by atoms with van der Waals surface area (Å²) in [6, 6.07) is 7.28. The molecule has 1 aliphatic heterocycles. The summed E-state index contributed by atoms with van der Waals surface area (Å²) in [5.41, 5.74) is 9.51. The first kappa shape index (κ1) is 22.4. The number of nitrogens with one attached hydrogen (secondary N) is 1. The molecule has 4 N–H and O–H groups in total. The van der Waals surface area contributed by atoms with Gasteiger partial charge in [-0.3, -0.25) is 4.68 Å². The number of nitrogen functional groups attached to an aromatic ring is 1. The van der Waals surface area contributed by atoms with Crippen LogP contribution in [0.3, 0.4) is 0 Å². The van der Waals surface area contributed by atoms with Crippen LogP contribution in [0.4, 0.5) is 10.2 Å². The van der Waals surface area contributed by atoms with Gasteiger partial charge in [0.1, 0.15) is 48.2 Å². The van der Waals surface area contributed by atoms with Gasteiger partial charge in [0.15, 0.2) is 12.4 Å². The van der Waals surface area contributed by atoms with Crippen LogP contribution in [0.25, 0.3) is 33.3 Å². The number of aromatic amines is 1. The van der Waals surface area contributed by atoms with Crippen LogP contribution in [-0.4, -0.2) is 64.4 Å². The third-order valence-electron chi connectivity index (χ3n) is 6.45. The van der Waals surface area contributed by atoms with Gasteiger partial charge in [0.05, 0.1) is 22.1 Å². The highest BCUT2D eigenvalue weighted by Crippen LogP contribution is 2.39. The number of fused-ring (bicyclic) bond motifs is 2. The van der Waals surface area contributed by atoms with Crippen LogP contribution in [0.1, 0.15) is 19.0 Å². The summed E-state index contributed by atoms with van der Waals surface area (Å²) in [4.78, 5) is 16.1. The maximum absolute atomic E-state index is 15.4. The monoisotopic (exact) mass is 492 g/mol. The number of nitrogens with two attached hydrogens (primary N) is 1. The molecular weight excluding hydrogens is 467 g/mol. The summed E-state index contributed by atoms with van der Waals surface area (Å²) in [6.45, 7) is 1.98. The van der Waals surface area contributed by atoms with E-state index in [1.165, 1.54) is 10.9 Å². The van der Waals surface area contributed by atoms with Gasteiger partial charge in [0.2, 0.25) is 0 Å². The lowest BCUT2D eigenvalue weighted by Crippen LogP contribution is -2.32. The van der Waals surface area contributed by atoms with Gasteiger partial charge in [-0.1, -0.05) is 6.92 Å². The molecule has 5 heterocycles. The number of halogens is 1. The summed E-state index contributed by atoms with van der Waals surface area (Å²) >= 11 is 0. The van der Waals surface area contributed by atoms with E-state index in [9.17, 15) is 5.11 Å². The smallest absolute Gasteiger partial charge is 0.173 e. The zero-order chi connectivity index (χ0) is 25.0. The van der Waals surface area contributed by atoms with Gasteiger partial charge in [-0.2, -0.15) is 5.10 Å². The zero-order valence-corrected chi connectivity index (χ0v) is 19.7. The van der Waals surface area contributed by atoms with Crippen LogP contribution in [-0.2, 0) is 18.2 Å². The SMILES string of the molecule is CCc1nc2ccc(OC[C@H]3O[C@@H](n4cc(-c5ccn(C)n5)c5c(N)ncnc54)[C@@H](F)[C@@H]3O)cc2[nH]1. The molecule has 0 amide bonds. The summed E-state index contributed by atoms with van der Waals surface area (Å²) in [5, 5.41) is 15.6. The number of ether oxygens (including phenoxy) is 2. The predicted molar refractivity (Wildman–Crippen MR) is 130 cm³/mol. The Kier molecular flexibility index (Phi) is 5.34. The van der Waals surface area contributed by atoms with Gasteiger partial charge in [-0.25, -0.2) is 19.3 Å². The second kappa shape index (κ2) is 8.57. The van der Waals surface area contributed by atoms with Crippen LogP contribution in [0.2, 0.25) is 0 Å². The van der Waals surface area contributed by atoms with Crippen molar-refractivity contribution >= 4 is 27.9 Å². The Morgan fingerprint density at radius 1 is 1.28 bits per heavy atom. The van der Waals surface area contributed by atoms with E-state index in [0.717, 1.165) is 23.3 Å². The number of H-pyrrole nitrogens is 1. The number of aromatic nitrogens is 7. The molecule has 1 saturated heterocycles. The van der Waals surface area contributed by atoms with E-state index >= 15 is 4.39 Å². The van der Waals surface area contributed by atoms with E-state index in [4.69, 9.17) is 15.2 Å². The molecule has 6 rings (SSSR count). The predicted octanol–water partition coefficient (Wildman–Crippen LogP) is 2.53. The van der Waals surface area contributed by atoms with Gasteiger partial charge >= 0.3 is 0 Å². The molecule has 0 bridgehead atoms. The van der Waals surface area contributed by atoms with Gasteiger partial charge in [0, 0.05) is 37.5 Å². The summed E-state index contributed by atoms with van der Waals surface area (Å²) in [5.74, 6) is 1.69. The molecular formula is C24H25FN8O3. The molecule has 11 nitrogen and oxygen atoms in total. The number of aryl methyl sites for hydroxylation is 2. The van der Waals surface area contributed by atoms with Gasteiger partial charge < -0.3 is 29.9 Å². The number of rotatable bonds is 6. The minimum absolute atomic E-state index is 0.0399. The highest BCUT2D eigenvalue weighted by Gasteiger charge is 2.46. The van der Waals surface area contributed by atoms with Crippen molar-refractivity contribution in [3.63, 3.8) is 0 Å². The standard InChI is InChI=1S/C24H25FN8O3/c1-3-18-29-15-5-4-12(8-16(15)30-18)35-10-17-21(34)20(25)24(36-17)33-9-13(14-6-7-32(2)31-14)19-22(26)27-11-28-23(19)33/h4-9,11,17,20-21,24,34H,3,10H2,1-2H3,(H,29,30)(H2,26,27,28)/t17-,20+,21-,24-/m1/s1. The number of aliphatic hydroxyl groups is 1. The Hall–Kier alpha value is -4.03. The number of hydrogen-bond donors (Lipinski definition) is 3. The number of hydrogen-bond acceptors (Lipinski definition) is 8. The van der Waals surface area contributed by atoms with Crippen LogP contribution in [0, 0.1) is 0 Å². The van der Waals surface area contributed by atoms with E-state index in [-0.39, 0.29) is 12.4 Å². The van der Waals surface area contributed by atoms with Crippen molar-refractivity contribution in [3.8, 4) is 17.0 Å². The Balaban J connectivity index is 1.27. The molecule has 0 saturated carbocycles. The average molecular weight is 493 g/mol. The first-order valence-electron chi connectivity index (χ1n) is 11.6.